The van der Waals surface area contributed by atoms with E-state index in [0.717, 1.165) is 12.1 Å². The van der Waals surface area contributed by atoms with Crippen LogP contribution in [-0.4, -0.2) is 4.92 Å². The fraction of sp³-hybridized carbons (Fsp3) is 0.333. The zero-order valence-corrected chi connectivity index (χ0v) is 9.86. The summed E-state index contributed by atoms with van der Waals surface area (Å²) >= 11 is 0. The Kier molecular flexibility index (Phi) is 4.11. The zero-order valence-electron chi connectivity index (χ0n) is 9.86. The molecular formula is C12H12F3NO2. The lowest BCUT2D eigenvalue weighted by molar-refractivity contribution is -0.431. The largest absolute Gasteiger partial charge is 0.416 e. The Morgan fingerprint density at radius 1 is 1.39 bits per heavy atom. The van der Waals surface area contributed by atoms with Crippen LogP contribution in [0, 0.1) is 16.0 Å². The molecule has 0 radical (unpaired) electrons. The summed E-state index contributed by atoms with van der Waals surface area (Å²) in [6.45, 7) is 3.23. The molecule has 1 rings (SSSR count). The number of benzene rings is 1. The normalized spacial score (nSPS) is 12.9. The molecule has 0 heterocycles. The molecular weight excluding hydrogens is 247 g/mol. The van der Waals surface area contributed by atoms with Crippen LogP contribution in [0.5, 0.6) is 0 Å². The number of allylic oxidation sites excluding steroid dienone is 1. The van der Waals surface area contributed by atoms with Crippen molar-refractivity contribution in [2.45, 2.75) is 20.0 Å². The number of alkyl halides is 3. The number of nitro groups is 1. The van der Waals surface area contributed by atoms with E-state index in [0.29, 0.717) is 0 Å². The van der Waals surface area contributed by atoms with Crippen molar-refractivity contribution in [1.82, 2.24) is 0 Å². The minimum Gasteiger partial charge on any atom is -0.259 e. The second-order valence-corrected chi connectivity index (χ2v) is 4.10. The van der Waals surface area contributed by atoms with Crippen molar-refractivity contribution in [3.05, 3.63) is 51.2 Å². The van der Waals surface area contributed by atoms with Gasteiger partial charge in [0.1, 0.15) is 0 Å². The van der Waals surface area contributed by atoms with Crippen molar-refractivity contribution < 1.29 is 18.1 Å². The van der Waals surface area contributed by atoms with Crippen LogP contribution >= 0.6 is 0 Å². The molecule has 0 atom stereocenters. The molecule has 0 fully saturated rings. The summed E-state index contributed by atoms with van der Waals surface area (Å²) in [6.07, 6.45) is -3.28. The van der Waals surface area contributed by atoms with Crippen LogP contribution in [0.4, 0.5) is 13.2 Å². The quantitative estimate of drug-likeness (QED) is 0.608. The van der Waals surface area contributed by atoms with E-state index >= 15 is 0 Å². The van der Waals surface area contributed by atoms with E-state index < -0.39 is 16.7 Å². The van der Waals surface area contributed by atoms with E-state index in [1.807, 2.05) is 0 Å². The Morgan fingerprint density at radius 2 is 2.00 bits per heavy atom. The second kappa shape index (κ2) is 5.20. The molecule has 98 valence electrons. The summed E-state index contributed by atoms with van der Waals surface area (Å²) in [5, 5.41) is 10.7. The first kappa shape index (κ1) is 14.2. The average Bonchev–Trinajstić information content (AvgIpc) is 2.24. The van der Waals surface area contributed by atoms with Gasteiger partial charge in [0.2, 0.25) is 5.70 Å². The summed E-state index contributed by atoms with van der Waals surface area (Å²) in [5.41, 5.74) is -0.762. The second-order valence-electron chi connectivity index (χ2n) is 4.10. The van der Waals surface area contributed by atoms with Crippen LogP contribution in [0.25, 0.3) is 6.08 Å². The third-order valence-electron chi connectivity index (χ3n) is 2.33. The maximum atomic E-state index is 12.5. The summed E-state index contributed by atoms with van der Waals surface area (Å²) in [7, 11) is 0. The molecule has 3 nitrogen and oxygen atoms in total. The smallest absolute Gasteiger partial charge is 0.259 e. The van der Waals surface area contributed by atoms with Gasteiger partial charge in [-0.05, 0) is 17.7 Å². The van der Waals surface area contributed by atoms with Gasteiger partial charge in [0.15, 0.2) is 0 Å². The van der Waals surface area contributed by atoms with Crippen molar-refractivity contribution in [1.29, 1.82) is 0 Å². The third-order valence-corrected chi connectivity index (χ3v) is 2.33. The number of nitrogens with zero attached hydrogens (tertiary/aromatic N) is 1. The Morgan fingerprint density at radius 3 is 2.44 bits per heavy atom. The molecule has 0 spiro atoms. The predicted octanol–water partition coefficient (Wildman–Crippen LogP) is 3.98. The van der Waals surface area contributed by atoms with E-state index in [2.05, 4.69) is 0 Å². The summed E-state index contributed by atoms with van der Waals surface area (Å²) < 4.78 is 37.4. The molecule has 18 heavy (non-hydrogen) atoms. The van der Waals surface area contributed by atoms with Crippen molar-refractivity contribution in [2.24, 2.45) is 5.92 Å². The Bertz CT molecular complexity index is 478. The van der Waals surface area contributed by atoms with Crippen LogP contribution in [0.2, 0.25) is 0 Å². The maximum Gasteiger partial charge on any atom is 0.416 e. The highest BCUT2D eigenvalue weighted by Crippen LogP contribution is 2.30. The Labute approximate surface area is 102 Å². The minimum atomic E-state index is -4.45. The number of halogens is 3. The lowest BCUT2D eigenvalue weighted by atomic mass is 10.1. The molecule has 0 aromatic heterocycles. The van der Waals surface area contributed by atoms with Gasteiger partial charge in [-0.2, -0.15) is 13.2 Å². The van der Waals surface area contributed by atoms with Gasteiger partial charge in [-0.25, -0.2) is 0 Å². The van der Waals surface area contributed by atoms with Crippen LogP contribution in [0.1, 0.15) is 25.0 Å². The summed E-state index contributed by atoms with van der Waals surface area (Å²) in [4.78, 5) is 10.2. The molecule has 0 saturated carbocycles. The topological polar surface area (TPSA) is 43.1 Å². The van der Waals surface area contributed by atoms with Crippen LogP contribution in [0.3, 0.4) is 0 Å². The third kappa shape index (κ3) is 3.58. The first-order chi connectivity index (χ1) is 8.21. The fourth-order valence-electron chi connectivity index (χ4n) is 1.41. The van der Waals surface area contributed by atoms with E-state index in [1.165, 1.54) is 18.2 Å². The highest BCUT2D eigenvalue weighted by Gasteiger charge is 2.30. The van der Waals surface area contributed by atoms with Crippen molar-refractivity contribution >= 4 is 6.08 Å². The standard InChI is InChI=1S/C12H12F3NO2/c1-8(2)11(16(17)18)7-9-4-3-5-10(6-9)12(13,14)15/h3-8H,1-2H3/b11-7-. The first-order valence-corrected chi connectivity index (χ1v) is 5.25. The summed E-state index contributed by atoms with van der Waals surface area (Å²) in [6, 6.07) is 4.46. The monoisotopic (exact) mass is 259 g/mol. The Hall–Kier alpha value is -1.85. The van der Waals surface area contributed by atoms with E-state index in [9.17, 15) is 23.3 Å². The maximum absolute atomic E-state index is 12.5. The highest BCUT2D eigenvalue weighted by atomic mass is 19.4. The lowest BCUT2D eigenvalue weighted by Gasteiger charge is -2.07. The van der Waals surface area contributed by atoms with Gasteiger partial charge < -0.3 is 0 Å². The van der Waals surface area contributed by atoms with Gasteiger partial charge in [0, 0.05) is 12.0 Å². The van der Waals surface area contributed by atoms with Crippen molar-refractivity contribution in [3.63, 3.8) is 0 Å². The molecule has 0 bridgehead atoms. The fourth-order valence-corrected chi connectivity index (χ4v) is 1.41. The molecule has 1 aromatic carbocycles. The van der Waals surface area contributed by atoms with Crippen molar-refractivity contribution in [3.8, 4) is 0 Å². The SMILES string of the molecule is CC(C)/C(=C/c1cccc(C(F)(F)F)c1)[N+](=O)[O-]. The molecule has 0 aliphatic rings. The predicted molar refractivity (Wildman–Crippen MR) is 61.3 cm³/mol. The van der Waals surface area contributed by atoms with Gasteiger partial charge >= 0.3 is 6.18 Å². The van der Waals surface area contributed by atoms with Gasteiger partial charge in [0.05, 0.1) is 10.5 Å². The molecule has 1 aromatic rings. The van der Waals surface area contributed by atoms with E-state index in [1.54, 1.807) is 13.8 Å². The van der Waals surface area contributed by atoms with Gasteiger partial charge in [-0.15, -0.1) is 0 Å². The number of rotatable bonds is 3. The van der Waals surface area contributed by atoms with Gasteiger partial charge in [-0.3, -0.25) is 10.1 Å². The van der Waals surface area contributed by atoms with Crippen molar-refractivity contribution in [2.75, 3.05) is 0 Å². The van der Waals surface area contributed by atoms with Gasteiger partial charge in [0.25, 0.3) is 0 Å². The molecule has 0 aliphatic heterocycles. The van der Waals surface area contributed by atoms with E-state index in [-0.39, 0.29) is 17.2 Å². The van der Waals surface area contributed by atoms with Gasteiger partial charge in [-0.1, -0.05) is 26.0 Å². The molecule has 6 heteroatoms. The minimum absolute atomic E-state index is 0.116. The highest BCUT2D eigenvalue weighted by molar-refractivity contribution is 5.52. The molecule has 0 saturated heterocycles. The number of hydrogen-bond donors (Lipinski definition) is 0. The zero-order chi connectivity index (χ0) is 13.9. The first-order valence-electron chi connectivity index (χ1n) is 5.25. The summed E-state index contributed by atoms with van der Waals surface area (Å²) in [5.74, 6) is -0.366. The average molecular weight is 259 g/mol. The number of hydrogen-bond acceptors (Lipinski definition) is 2. The van der Waals surface area contributed by atoms with Crippen LogP contribution < -0.4 is 0 Å². The Balaban J connectivity index is 3.19. The molecule has 0 amide bonds. The molecule has 0 N–H and O–H groups in total. The lowest BCUT2D eigenvalue weighted by Crippen LogP contribution is -2.06. The van der Waals surface area contributed by atoms with Crippen LogP contribution in [-0.2, 0) is 6.18 Å². The molecule has 0 unspecified atom stereocenters. The van der Waals surface area contributed by atoms with Crippen LogP contribution in [0.15, 0.2) is 30.0 Å². The molecule has 0 aliphatic carbocycles. The van der Waals surface area contributed by atoms with E-state index in [4.69, 9.17) is 0 Å².